The van der Waals surface area contributed by atoms with Crippen LogP contribution in [-0.2, 0) is 4.79 Å². The van der Waals surface area contributed by atoms with Crippen molar-refractivity contribution in [2.45, 2.75) is 40.2 Å². The number of halogens is 2. The fraction of sp³-hybridized carbons (Fsp3) is 0.500. The Hall–Kier alpha value is -0.770. The van der Waals surface area contributed by atoms with E-state index >= 15 is 0 Å². The predicted molar refractivity (Wildman–Crippen MR) is 81.9 cm³/mol. The van der Waals surface area contributed by atoms with Gasteiger partial charge in [0, 0.05) is 10.6 Å². The molecule has 0 saturated heterocycles. The highest BCUT2D eigenvalue weighted by Gasteiger charge is 2.40. The molecule has 0 saturated carbocycles. The van der Waals surface area contributed by atoms with Crippen LogP contribution in [0.25, 0.3) is 0 Å². The van der Waals surface area contributed by atoms with Crippen molar-refractivity contribution in [3.8, 4) is 0 Å². The maximum absolute atomic E-state index is 12.3. The highest BCUT2D eigenvalue weighted by Crippen LogP contribution is 2.33. The monoisotopic (exact) mass is 302 g/mol. The average Bonchev–Trinajstić information content (AvgIpc) is 2.24. The molecule has 0 bridgehead atoms. The van der Waals surface area contributed by atoms with E-state index < -0.39 is 11.0 Å². The first-order chi connectivity index (χ1) is 8.46. The van der Waals surface area contributed by atoms with E-state index in [-0.39, 0.29) is 5.91 Å². The van der Waals surface area contributed by atoms with Gasteiger partial charge in [0.2, 0.25) is 5.91 Å². The van der Waals surface area contributed by atoms with Crippen molar-refractivity contribution in [2.24, 2.45) is 11.1 Å². The molecule has 0 aliphatic heterocycles. The first kappa shape index (κ1) is 16.3. The Kier molecular flexibility index (Phi) is 4.55. The van der Waals surface area contributed by atoms with Crippen LogP contribution in [0.4, 0.5) is 5.69 Å². The summed E-state index contributed by atoms with van der Waals surface area (Å²) < 4.78 is 0. The van der Waals surface area contributed by atoms with Gasteiger partial charge in [0.25, 0.3) is 0 Å². The molecule has 1 aromatic carbocycles. The highest BCUT2D eigenvalue weighted by atomic mass is 35.5. The molecule has 3 nitrogen and oxygen atoms in total. The van der Waals surface area contributed by atoms with Crippen LogP contribution in [-0.4, -0.2) is 11.4 Å². The van der Waals surface area contributed by atoms with Gasteiger partial charge in [0.05, 0.1) is 16.1 Å². The van der Waals surface area contributed by atoms with Gasteiger partial charge < -0.3 is 11.1 Å². The molecule has 0 aromatic heterocycles. The largest absolute Gasteiger partial charge is 0.325 e. The summed E-state index contributed by atoms with van der Waals surface area (Å²) >= 11 is 12.1. The lowest BCUT2D eigenvalue weighted by Gasteiger charge is -2.37. The SMILES string of the molecule is Cc1cc(Cl)c(NC(=O)C(C)(C)C(C)(C)N)cc1Cl. The number of amides is 1. The van der Waals surface area contributed by atoms with Gasteiger partial charge in [-0.25, -0.2) is 0 Å². The lowest BCUT2D eigenvalue weighted by molar-refractivity contribution is -0.126. The van der Waals surface area contributed by atoms with Gasteiger partial charge in [-0.2, -0.15) is 0 Å². The number of anilines is 1. The molecule has 0 spiro atoms. The summed E-state index contributed by atoms with van der Waals surface area (Å²) in [6.45, 7) is 9.08. The molecule has 3 N–H and O–H groups in total. The molecule has 1 amide bonds. The van der Waals surface area contributed by atoms with Gasteiger partial charge in [0.1, 0.15) is 0 Å². The lowest BCUT2D eigenvalue weighted by Crippen LogP contribution is -2.53. The molecule has 0 aliphatic rings. The van der Waals surface area contributed by atoms with E-state index in [1.54, 1.807) is 26.0 Å². The molecule has 0 fully saturated rings. The molecule has 0 radical (unpaired) electrons. The van der Waals surface area contributed by atoms with Crippen LogP contribution in [0.3, 0.4) is 0 Å². The van der Waals surface area contributed by atoms with Crippen LogP contribution in [0.1, 0.15) is 33.3 Å². The molecule has 0 atom stereocenters. The molecule has 106 valence electrons. The fourth-order valence-electron chi connectivity index (χ4n) is 1.31. The number of nitrogens with two attached hydrogens (primary N) is 1. The Labute approximate surface area is 124 Å². The minimum atomic E-state index is -0.742. The second kappa shape index (κ2) is 5.31. The Bertz CT molecular complexity index is 505. The highest BCUT2D eigenvalue weighted by molar-refractivity contribution is 6.36. The molecule has 19 heavy (non-hydrogen) atoms. The number of hydrogen-bond acceptors (Lipinski definition) is 2. The summed E-state index contributed by atoms with van der Waals surface area (Å²) in [4.78, 5) is 12.3. The van der Waals surface area contributed by atoms with E-state index in [9.17, 15) is 4.79 Å². The van der Waals surface area contributed by atoms with Crippen molar-refractivity contribution in [3.63, 3.8) is 0 Å². The Morgan fingerprint density at radius 2 is 1.68 bits per heavy atom. The molecule has 0 aliphatic carbocycles. The normalized spacial score (nSPS) is 12.4. The van der Waals surface area contributed by atoms with E-state index in [4.69, 9.17) is 28.9 Å². The zero-order valence-corrected chi connectivity index (χ0v) is 13.4. The van der Waals surface area contributed by atoms with Crippen molar-refractivity contribution in [2.75, 3.05) is 5.32 Å². The summed E-state index contributed by atoms with van der Waals surface area (Å²) in [6.07, 6.45) is 0. The maximum Gasteiger partial charge on any atom is 0.231 e. The molecular weight excluding hydrogens is 283 g/mol. The summed E-state index contributed by atoms with van der Waals surface area (Å²) in [7, 11) is 0. The molecule has 0 heterocycles. The average molecular weight is 303 g/mol. The van der Waals surface area contributed by atoms with E-state index in [0.717, 1.165) is 5.56 Å². The Balaban J connectivity index is 3.05. The van der Waals surface area contributed by atoms with Gasteiger partial charge in [-0.05, 0) is 52.3 Å². The molecule has 0 unspecified atom stereocenters. The smallest absolute Gasteiger partial charge is 0.231 e. The van der Waals surface area contributed by atoms with Crippen LogP contribution in [0.2, 0.25) is 10.0 Å². The summed E-state index contributed by atoms with van der Waals surface area (Å²) in [5.74, 6) is -0.193. The van der Waals surface area contributed by atoms with Crippen molar-refractivity contribution in [1.82, 2.24) is 0 Å². The quantitative estimate of drug-likeness (QED) is 0.886. The molecule has 5 heteroatoms. The number of hydrogen-bond donors (Lipinski definition) is 2. The third-order valence-electron chi connectivity index (χ3n) is 3.68. The number of carbonyl (C=O) groups is 1. The van der Waals surface area contributed by atoms with Gasteiger partial charge in [-0.1, -0.05) is 23.2 Å². The second-order valence-corrected chi connectivity index (χ2v) is 6.70. The number of carbonyl (C=O) groups excluding carboxylic acids is 1. The molecule has 1 aromatic rings. The van der Waals surface area contributed by atoms with E-state index in [1.165, 1.54) is 0 Å². The van der Waals surface area contributed by atoms with Crippen LogP contribution >= 0.6 is 23.2 Å². The van der Waals surface area contributed by atoms with Gasteiger partial charge in [-0.15, -0.1) is 0 Å². The summed E-state index contributed by atoms with van der Waals surface area (Å²) in [6, 6.07) is 3.37. The zero-order valence-electron chi connectivity index (χ0n) is 11.9. The maximum atomic E-state index is 12.3. The predicted octanol–water partition coefficient (Wildman–Crippen LogP) is 4.00. The van der Waals surface area contributed by atoms with Crippen molar-refractivity contribution < 1.29 is 4.79 Å². The van der Waals surface area contributed by atoms with Crippen LogP contribution in [0.5, 0.6) is 0 Å². The number of benzene rings is 1. The second-order valence-electron chi connectivity index (χ2n) is 5.88. The minimum Gasteiger partial charge on any atom is -0.325 e. The van der Waals surface area contributed by atoms with Crippen molar-refractivity contribution in [3.05, 3.63) is 27.7 Å². The van der Waals surface area contributed by atoms with Gasteiger partial charge in [-0.3, -0.25) is 4.79 Å². The fourth-order valence-corrected chi connectivity index (χ4v) is 1.74. The van der Waals surface area contributed by atoms with Crippen molar-refractivity contribution in [1.29, 1.82) is 0 Å². The molecule has 1 rings (SSSR count). The first-order valence-electron chi connectivity index (χ1n) is 6.03. The van der Waals surface area contributed by atoms with Crippen molar-refractivity contribution >= 4 is 34.8 Å². The Morgan fingerprint density at radius 3 is 2.16 bits per heavy atom. The topological polar surface area (TPSA) is 55.1 Å². The van der Waals surface area contributed by atoms with Crippen LogP contribution in [0, 0.1) is 12.3 Å². The number of nitrogens with one attached hydrogen (secondary N) is 1. The first-order valence-corrected chi connectivity index (χ1v) is 6.78. The van der Waals surface area contributed by atoms with E-state index in [1.807, 2.05) is 20.8 Å². The van der Waals surface area contributed by atoms with Crippen LogP contribution in [0.15, 0.2) is 12.1 Å². The minimum absolute atomic E-state index is 0.193. The zero-order chi connectivity index (χ0) is 15.0. The van der Waals surface area contributed by atoms with E-state index in [2.05, 4.69) is 5.32 Å². The third-order valence-corrected chi connectivity index (χ3v) is 4.39. The number of rotatable bonds is 3. The number of aryl methyl sites for hydroxylation is 1. The van der Waals surface area contributed by atoms with E-state index in [0.29, 0.717) is 15.7 Å². The van der Waals surface area contributed by atoms with Gasteiger partial charge in [0.15, 0.2) is 0 Å². The third kappa shape index (κ3) is 3.41. The van der Waals surface area contributed by atoms with Gasteiger partial charge >= 0.3 is 0 Å². The molecular formula is C14H20Cl2N2O. The Morgan fingerprint density at radius 1 is 1.16 bits per heavy atom. The van der Waals surface area contributed by atoms with Crippen LogP contribution < -0.4 is 11.1 Å². The standard InChI is InChI=1S/C14H20Cl2N2O/c1-8-6-10(16)11(7-9(8)15)18-12(19)13(2,3)14(4,5)17/h6-7H,17H2,1-5H3,(H,18,19). The summed E-state index contributed by atoms with van der Waals surface area (Å²) in [5.41, 5.74) is 6.01. The summed E-state index contributed by atoms with van der Waals surface area (Å²) in [5, 5.41) is 3.81. The lowest BCUT2D eigenvalue weighted by atomic mass is 9.74.